The largest absolute Gasteiger partial charge is 0.478 e. The Hall–Kier alpha value is -1.71. The van der Waals surface area contributed by atoms with Crippen molar-refractivity contribution < 1.29 is 19.1 Å². The van der Waals surface area contributed by atoms with Crippen molar-refractivity contribution in [1.82, 2.24) is 0 Å². The number of rotatable bonds is 4. The molecule has 0 aliphatic carbocycles. The summed E-state index contributed by atoms with van der Waals surface area (Å²) in [5, 5.41) is 8.33. The molecule has 0 aliphatic heterocycles. The van der Waals surface area contributed by atoms with E-state index in [-0.39, 0.29) is 5.57 Å². The topological polar surface area (TPSA) is 54.4 Å². The van der Waals surface area contributed by atoms with E-state index in [2.05, 4.69) is 0 Å². The van der Waals surface area contributed by atoms with Gasteiger partial charge in [-0.25, -0.2) is 9.18 Å². The zero-order valence-corrected chi connectivity index (χ0v) is 7.95. The summed E-state index contributed by atoms with van der Waals surface area (Å²) in [6.07, 6.45) is 3.69. The molecule has 0 saturated carbocycles. The van der Waals surface area contributed by atoms with Crippen LogP contribution in [0.4, 0.5) is 4.39 Å². The van der Waals surface area contributed by atoms with Gasteiger partial charge < -0.3 is 5.11 Å². The maximum absolute atomic E-state index is 12.9. The molecule has 1 N–H and O–H groups in total. The Balaban J connectivity index is 4.61. The molecule has 4 heteroatoms. The number of hydrogen-bond donors (Lipinski definition) is 1. The lowest BCUT2D eigenvalue weighted by Crippen LogP contribution is -1.88. The Kier molecular flexibility index (Phi) is 5.14. The first-order valence-electron chi connectivity index (χ1n) is 3.88. The molecule has 0 unspecified atom stereocenters. The summed E-state index contributed by atoms with van der Waals surface area (Å²) in [6.45, 7) is 2.86. The zero-order valence-electron chi connectivity index (χ0n) is 7.95. The number of carboxylic acids is 1. The molecule has 0 aliphatic rings. The SMILES string of the molecule is C\C(C=O)=C(F)/C=C/C(C)=C/C(=O)O. The van der Waals surface area contributed by atoms with E-state index in [0.717, 1.165) is 12.2 Å². The van der Waals surface area contributed by atoms with Crippen LogP contribution in [0.2, 0.25) is 0 Å². The highest BCUT2D eigenvalue weighted by Crippen LogP contribution is 2.07. The van der Waals surface area contributed by atoms with E-state index in [1.807, 2.05) is 0 Å². The van der Waals surface area contributed by atoms with Crippen LogP contribution in [-0.2, 0) is 9.59 Å². The fourth-order valence-corrected chi connectivity index (χ4v) is 0.635. The fourth-order valence-electron chi connectivity index (χ4n) is 0.635. The molecule has 76 valence electrons. The number of aldehydes is 1. The van der Waals surface area contributed by atoms with Gasteiger partial charge in [0, 0.05) is 11.6 Å². The zero-order chi connectivity index (χ0) is 11.1. The van der Waals surface area contributed by atoms with Crippen LogP contribution in [0.1, 0.15) is 13.8 Å². The summed E-state index contributed by atoms with van der Waals surface area (Å²) in [7, 11) is 0. The van der Waals surface area contributed by atoms with Crippen LogP contribution in [0.15, 0.2) is 35.2 Å². The Labute approximate surface area is 81.2 Å². The Morgan fingerprint density at radius 1 is 1.29 bits per heavy atom. The Morgan fingerprint density at radius 3 is 2.29 bits per heavy atom. The minimum Gasteiger partial charge on any atom is -0.478 e. The molecule has 0 atom stereocenters. The van der Waals surface area contributed by atoms with Crippen molar-refractivity contribution in [2.75, 3.05) is 0 Å². The van der Waals surface area contributed by atoms with Gasteiger partial charge in [-0.2, -0.15) is 0 Å². The van der Waals surface area contributed by atoms with Gasteiger partial charge in [-0.3, -0.25) is 4.79 Å². The van der Waals surface area contributed by atoms with Crippen molar-refractivity contribution in [1.29, 1.82) is 0 Å². The first-order valence-corrected chi connectivity index (χ1v) is 3.88. The molecule has 0 rings (SSSR count). The highest BCUT2D eigenvalue weighted by atomic mass is 19.1. The number of aliphatic carboxylic acids is 1. The highest BCUT2D eigenvalue weighted by molar-refractivity contribution is 5.81. The molecule has 0 spiro atoms. The lowest BCUT2D eigenvalue weighted by molar-refractivity contribution is -0.131. The van der Waals surface area contributed by atoms with E-state index >= 15 is 0 Å². The summed E-state index contributed by atoms with van der Waals surface area (Å²) in [4.78, 5) is 20.3. The molecule has 0 aromatic rings. The standard InChI is InChI=1S/C10H11FO3/c1-7(5-10(13)14)3-4-9(11)8(2)6-12/h3-6H,1-2H3,(H,13,14)/b4-3+,7-5+,9-8-. The van der Waals surface area contributed by atoms with Crippen LogP contribution in [0.3, 0.4) is 0 Å². The minimum atomic E-state index is -1.09. The molecule has 0 aromatic carbocycles. The molecular formula is C10H11FO3. The van der Waals surface area contributed by atoms with Gasteiger partial charge in [-0.15, -0.1) is 0 Å². The lowest BCUT2D eigenvalue weighted by atomic mass is 10.2. The van der Waals surface area contributed by atoms with Crippen LogP contribution in [-0.4, -0.2) is 17.4 Å². The van der Waals surface area contributed by atoms with Gasteiger partial charge in [-0.1, -0.05) is 6.08 Å². The third-order valence-corrected chi connectivity index (χ3v) is 1.40. The Morgan fingerprint density at radius 2 is 1.86 bits per heavy atom. The van der Waals surface area contributed by atoms with Crippen LogP contribution in [0.5, 0.6) is 0 Å². The van der Waals surface area contributed by atoms with E-state index in [0.29, 0.717) is 11.9 Å². The number of carbonyl (C=O) groups is 2. The third kappa shape index (κ3) is 5.03. The van der Waals surface area contributed by atoms with Crippen LogP contribution >= 0.6 is 0 Å². The molecule has 0 radical (unpaired) electrons. The van der Waals surface area contributed by atoms with E-state index in [1.165, 1.54) is 19.9 Å². The van der Waals surface area contributed by atoms with E-state index in [1.54, 1.807) is 0 Å². The van der Waals surface area contributed by atoms with Crippen molar-refractivity contribution in [2.24, 2.45) is 0 Å². The molecule has 0 heterocycles. The average Bonchev–Trinajstić information content (AvgIpc) is 2.11. The van der Waals surface area contributed by atoms with E-state index in [4.69, 9.17) is 5.11 Å². The maximum Gasteiger partial charge on any atom is 0.328 e. The number of allylic oxidation sites excluding steroid dienone is 5. The Bertz CT molecular complexity index is 324. The summed E-state index contributed by atoms with van der Waals surface area (Å²) in [5.41, 5.74) is 0.371. The van der Waals surface area contributed by atoms with Gasteiger partial charge in [0.25, 0.3) is 0 Å². The number of halogens is 1. The van der Waals surface area contributed by atoms with Crippen molar-refractivity contribution in [2.45, 2.75) is 13.8 Å². The number of carbonyl (C=O) groups excluding carboxylic acids is 1. The van der Waals surface area contributed by atoms with Gasteiger partial charge in [0.1, 0.15) is 12.1 Å². The molecule has 14 heavy (non-hydrogen) atoms. The summed E-state index contributed by atoms with van der Waals surface area (Å²) in [5.74, 6) is -1.76. The third-order valence-electron chi connectivity index (χ3n) is 1.40. The van der Waals surface area contributed by atoms with Gasteiger partial charge in [0.15, 0.2) is 0 Å². The van der Waals surface area contributed by atoms with Crippen molar-refractivity contribution in [3.63, 3.8) is 0 Å². The maximum atomic E-state index is 12.9. The average molecular weight is 198 g/mol. The predicted molar refractivity (Wildman–Crippen MR) is 50.4 cm³/mol. The summed E-state index contributed by atoms with van der Waals surface area (Å²) in [6, 6.07) is 0. The number of hydrogen-bond acceptors (Lipinski definition) is 2. The van der Waals surface area contributed by atoms with Gasteiger partial charge >= 0.3 is 5.97 Å². The first-order chi connectivity index (χ1) is 6.47. The number of carboxylic acid groups (broad SMARTS) is 1. The fraction of sp³-hybridized carbons (Fsp3) is 0.200. The second kappa shape index (κ2) is 5.85. The van der Waals surface area contributed by atoms with Gasteiger partial charge in [-0.05, 0) is 25.5 Å². The highest BCUT2D eigenvalue weighted by Gasteiger charge is 1.95. The molecule has 0 aromatic heterocycles. The predicted octanol–water partition coefficient (Wildman–Crippen LogP) is 2.02. The van der Waals surface area contributed by atoms with Crippen LogP contribution < -0.4 is 0 Å². The van der Waals surface area contributed by atoms with Gasteiger partial charge in [0.2, 0.25) is 0 Å². The monoisotopic (exact) mass is 198 g/mol. The lowest BCUT2D eigenvalue weighted by Gasteiger charge is -1.91. The van der Waals surface area contributed by atoms with Crippen molar-refractivity contribution in [3.05, 3.63) is 35.2 Å². The van der Waals surface area contributed by atoms with E-state index in [9.17, 15) is 14.0 Å². The second-order valence-electron chi connectivity index (χ2n) is 2.71. The van der Waals surface area contributed by atoms with Crippen LogP contribution in [0, 0.1) is 0 Å². The minimum absolute atomic E-state index is 0.0237. The molecule has 0 saturated heterocycles. The first kappa shape index (κ1) is 12.3. The molecule has 0 amide bonds. The molecular weight excluding hydrogens is 187 g/mol. The van der Waals surface area contributed by atoms with Gasteiger partial charge in [0.05, 0.1) is 0 Å². The smallest absolute Gasteiger partial charge is 0.328 e. The normalized spacial score (nSPS) is 14.1. The summed E-state index contributed by atoms with van der Waals surface area (Å²) < 4.78 is 12.9. The summed E-state index contributed by atoms with van der Waals surface area (Å²) >= 11 is 0. The van der Waals surface area contributed by atoms with Crippen molar-refractivity contribution >= 4 is 12.3 Å². The van der Waals surface area contributed by atoms with Crippen molar-refractivity contribution in [3.8, 4) is 0 Å². The molecule has 0 bridgehead atoms. The molecule has 3 nitrogen and oxygen atoms in total. The quantitative estimate of drug-likeness (QED) is 0.427. The van der Waals surface area contributed by atoms with E-state index < -0.39 is 11.8 Å². The van der Waals surface area contributed by atoms with Crippen LogP contribution in [0.25, 0.3) is 0 Å². The molecule has 0 fully saturated rings. The second-order valence-corrected chi connectivity index (χ2v) is 2.71.